The highest BCUT2D eigenvalue weighted by Crippen LogP contribution is 2.16. The molecule has 0 saturated carbocycles. The van der Waals surface area contributed by atoms with Gasteiger partial charge in [0, 0.05) is 23.7 Å². The Morgan fingerprint density at radius 1 is 1.35 bits per heavy atom. The SMILES string of the molecule is CCn1nnnc1COc1ccc(C(=O)Nc2nccs2)cc1. The van der Waals surface area contributed by atoms with Crippen molar-refractivity contribution in [2.24, 2.45) is 0 Å². The van der Waals surface area contributed by atoms with Crippen LogP contribution < -0.4 is 10.1 Å². The Balaban J connectivity index is 1.59. The first kappa shape index (κ1) is 15.1. The Morgan fingerprint density at radius 3 is 2.87 bits per heavy atom. The number of rotatable bonds is 6. The van der Waals surface area contributed by atoms with Gasteiger partial charge >= 0.3 is 0 Å². The van der Waals surface area contributed by atoms with Crippen LogP contribution >= 0.6 is 11.3 Å². The van der Waals surface area contributed by atoms with Crippen LogP contribution in [0.25, 0.3) is 0 Å². The molecule has 0 radical (unpaired) electrons. The van der Waals surface area contributed by atoms with Crippen LogP contribution in [0.15, 0.2) is 35.8 Å². The molecule has 0 aliphatic rings. The number of carbonyl (C=O) groups is 1. The Bertz CT molecular complexity index is 769. The summed E-state index contributed by atoms with van der Waals surface area (Å²) in [6.45, 7) is 2.91. The van der Waals surface area contributed by atoms with E-state index < -0.39 is 0 Å². The maximum Gasteiger partial charge on any atom is 0.257 e. The van der Waals surface area contributed by atoms with Crippen molar-refractivity contribution in [3.63, 3.8) is 0 Å². The highest BCUT2D eigenvalue weighted by molar-refractivity contribution is 7.13. The Morgan fingerprint density at radius 2 is 2.17 bits per heavy atom. The van der Waals surface area contributed by atoms with Gasteiger partial charge in [0.15, 0.2) is 11.0 Å². The van der Waals surface area contributed by atoms with Crippen LogP contribution in [0.2, 0.25) is 0 Å². The van der Waals surface area contributed by atoms with Gasteiger partial charge in [-0.25, -0.2) is 9.67 Å². The number of amides is 1. The highest BCUT2D eigenvalue weighted by Gasteiger charge is 2.09. The number of aryl methyl sites for hydroxylation is 1. The van der Waals surface area contributed by atoms with Crippen LogP contribution in [0.1, 0.15) is 23.1 Å². The number of anilines is 1. The van der Waals surface area contributed by atoms with Gasteiger partial charge in [-0.05, 0) is 41.6 Å². The summed E-state index contributed by atoms with van der Waals surface area (Å²) in [5.41, 5.74) is 0.533. The van der Waals surface area contributed by atoms with E-state index in [1.54, 1.807) is 40.5 Å². The van der Waals surface area contributed by atoms with Gasteiger partial charge in [0.1, 0.15) is 12.4 Å². The van der Waals surface area contributed by atoms with E-state index in [4.69, 9.17) is 4.74 Å². The molecule has 2 heterocycles. The van der Waals surface area contributed by atoms with Crippen molar-refractivity contribution in [2.75, 3.05) is 5.32 Å². The number of thiazole rings is 1. The third kappa shape index (κ3) is 3.69. The molecule has 0 bridgehead atoms. The van der Waals surface area contributed by atoms with Gasteiger partial charge < -0.3 is 4.74 Å². The topological polar surface area (TPSA) is 94.8 Å². The predicted molar refractivity (Wildman–Crippen MR) is 84.3 cm³/mol. The Hall–Kier alpha value is -2.81. The van der Waals surface area contributed by atoms with Crippen molar-refractivity contribution in [1.29, 1.82) is 0 Å². The molecule has 1 amide bonds. The maximum atomic E-state index is 12.0. The van der Waals surface area contributed by atoms with Crippen LogP contribution in [0.4, 0.5) is 5.13 Å². The number of nitrogens with one attached hydrogen (secondary N) is 1. The molecule has 0 atom stereocenters. The van der Waals surface area contributed by atoms with Crippen LogP contribution in [-0.4, -0.2) is 31.1 Å². The molecule has 0 unspecified atom stereocenters. The van der Waals surface area contributed by atoms with Gasteiger partial charge in [0.05, 0.1) is 0 Å². The third-order valence-corrected chi connectivity index (χ3v) is 3.73. The Kier molecular flexibility index (Phi) is 4.57. The molecule has 3 aromatic rings. The standard InChI is InChI=1S/C14H14N6O2S/c1-2-20-12(17-18-19-20)9-22-11-5-3-10(4-6-11)13(21)16-14-15-7-8-23-14/h3-8H,2,9H2,1H3,(H,15,16,21). The molecule has 9 heteroatoms. The minimum absolute atomic E-state index is 0.207. The van der Waals surface area contributed by atoms with Crippen molar-refractivity contribution >= 4 is 22.4 Å². The van der Waals surface area contributed by atoms with Crippen LogP contribution in [0.5, 0.6) is 5.75 Å². The summed E-state index contributed by atoms with van der Waals surface area (Å²) < 4.78 is 7.29. The first-order valence-corrected chi connectivity index (χ1v) is 7.83. The molecule has 118 valence electrons. The van der Waals surface area contributed by atoms with E-state index >= 15 is 0 Å². The van der Waals surface area contributed by atoms with E-state index in [1.165, 1.54) is 11.3 Å². The minimum atomic E-state index is -0.207. The lowest BCUT2D eigenvalue weighted by molar-refractivity contribution is 0.102. The molecule has 0 aliphatic carbocycles. The zero-order valence-corrected chi connectivity index (χ0v) is 13.2. The number of aromatic nitrogens is 5. The lowest BCUT2D eigenvalue weighted by Crippen LogP contribution is -2.11. The summed E-state index contributed by atoms with van der Waals surface area (Å²) in [6.07, 6.45) is 1.64. The summed E-state index contributed by atoms with van der Waals surface area (Å²) in [7, 11) is 0. The smallest absolute Gasteiger partial charge is 0.257 e. The molecule has 1 aromatic carbocycles. The molecular formula is C14H14N6O2S. The second-order valence-electron chi connectivity index (χ2n) is 4.52. The maximum absolute atomic E-state index is 12.0. The van der Waals surface area contributed by atoms with Gasteiger partial charge in [0.2, 0.25) is 0 Å². The largest absolute Gasteiger partial charge is 0.486 e. The van der Waals surface area contributed by atoms with Crippen molar-refractivity contribution in [2.45, 2.75) is 20.1 Å². The molecular weight excluding hydrogens is 316 g/mol. The molecule has 0 fully saturated rings. The molecule has 1 N–H and O–H groups in total. The lowest BCUT2D eigenvalue weighted by atomic mass is 10.2. The summed E-state index contributed by atoms with van der Waals surface area (Å²) in [6, 6.07) is 6.86. The summed E-state index contributed by atoms with van der Waals surface area (Å²) in [5.74, 6) is 1.08. The average molecular weight is 330 g/mol. The van der Waals surface area contributed by atoms with Gasteiger partial charge in [-0.3, -0.25) is 10.1 Å². The van der Waals surface area contributed by atoms with E-state index in [9.17, 15) is 4.79 Å². The van der Waals surface area contributed by atoms with Crippen molar-refractivity contribution < 1.29 is 9.53 Å². The fourth-order valence-electron chi connectivity index (χ4n) is 1.88. The number of hydrogen-bond donors (Lipinski definition) is 1. The predicted octanol–water partition coefficient (Wildman–Crippen LogP) is 1.98. The van der Waals surface area contributed by atoms with Gasteiger partial charge in [-0.2, -0.15) is 0 Å². The second kappa shape index (κ2) is 6.97. The van der Waals surface area contributed by atoms with E-state index in [2.05, 4.69) is 25.8 Å². The van der Waals surface area contributed by atoms with E-state index in [1.807, 2.05) is 6.92 Å². The van der Waals surface area contributed by atoms with E-state index in [-0.39, 0.29) is 12.5 Å². The van der Waals surface area contributed by atoms with Gasteiger partial charge in [-0.1, -0.05) is 0 Å². The highest BCUT2D eigenvalue weighted by atomic mass is 32.1. The van der Waals surface area contributed by atoms with Crippen LogP contribution in [0.3, 0.4) is 0 Å². The second-order valence-corrected chi connectivity index (χ2v) is 5.41. The van der Waals surface area contributed by atoms with E-state index in [0.29, 0.717) is 28.8 Å². The van der Waals surface area contributed by atoms with Gasteiger partial charge in [-0.15, -0.1) is 16.4 Å². The number of carbonyl (C=O) groups excluding carboxylic acids is 1. The normalized spacial score (nSPS) is 10.5. The zero-order chi connectivity index (χ0) is 16.1. The number of hydrogen-bond acceptors (Lipinski definition) is 7. The Labute approximate surface area is 136 Å². The van der Waals surface area contributed by atoms with Crippen LogP contribution in [-0.2, 0) is 13.2 Å². The molecule has 23 heavy (non-hydrogen) atoms. The van der Waals surface area contributed by atoms with Crippen molar-refractivity contribution in [3.8, 4) is 5.75 Å². The molecule has 0 saturated heterocycles. The number of nitrogens with zero attached hydrogens (tertiary/aromatic N) is 5. The number of tetrazole rings is 1. The average Bonchev–Trinajstić information content (AvgIpc) is 3.24. The molecule has 3 rings (SSSR count). The lowest BCUT2D eigenvalue weighted by Gasteiger charge is -2.07. The van der Waals surface area contributed by atoms with Crippen molar-refractivity contribution in [1.82, 2.24) is 25.2 Å². The quantitative estimate of drug-likeness (QED) is 0.742. The van der Waals surface area contributed by atoms with Gasteiger partial charge in [0.25, 0.3) is 5.91 Å². The monoisotopic (exact) mass is 330 g/mol. The summed E-state index contributed by atoms with van der Waals surface area (Å²) >= 11 is 1.37. The molecule has 8 nitrogen and oxygen atoms in total. The molecule has 0 spiro atoms. The first-order chi connectivity index (χ1) is 11.3. The van der Waals surface area contributed by atoms with Crippen LogP contribution in [0, 0.1) is 0 Å². The molecule has 2 aromatic heterocycles. The van der Waals surface area contributed by atoms with E-state index in [0.717, 1.165) is 0 Å². The fraction of sp³-hybridized carbons (Fsp3) is 0.214. The third-order valence-electron chi connectivity index (χ3n) is 3.04. The number of benzene rings is 1. The fourth-order valence-corrected chi connectivity index (χ4v) is 2.40. The first-order valence-electron chi connectivity index (χ1n) is 6.95. The summed E-state index contributed by atoms with van der Waals surface area (Å²) in [5, 5.41) is 16.4. The summed E-state index contributed by atoms with van der Waals surface area (Å²) in [4.78, 5) is 16.1. The minimum Gasteiger partial charge on any atom is -0.486 e. The van der Waals surface area contributed by atoms with Crippen molar-refractivity contribution in [3.05, 3.63) is 47.2 Å². The number of ether oxygens (including phenoxy) is 1. The molecule has 0 aliphatic heterocycles. The zero-order valence-electron chi connectivity index (χ0n) is 12.3.